The summed E-state index contributed by atoms with van der Waals surface area (Å²) in [5.74, 6) is -4.18. The fourth-order valence-electron chi connectivity index (χ4n) is 3.88. The van der Waals surface area contributed by atoms with Crippen LogP contribution in [-0.2, 0) is 11.3 Å². The summed E-state index contributed by atoms with van der Waals surface area (Å²) in [6.07, 6.45) is 1.85. The summed E-state index contributed by atoms with van der Waals surface area (Å²) in [6.45, 7) is 7.96. The van der Waals surface area contributed by atoms with Crippen LogP contribution < -0.4 is 10.9 Å². The molecule has 0 spiro atoms. The number of nitrogens with one attached hydrogen (secondary N) is 1. The van der Waals surface area contributed by atoms with E-state index < -0.39 is 23.0 Å². The SMILES string of the molecule is CCN1CCC[C@@H](NC(=O)Cn2nc(C(C)C)c(-c3cc(F)cc(F)c3F)cc2=O)C1. The molecule has 1 atom stereocenters. The maximum Gasteiger partial charge on any atom is 0.267 e. The molecule has 1 saturated heterocycles. The molecule has 1 aromatic carbocycles. The molecule has 168 valence electrons. The highest BCUT2D eigenvalue weighted by Gasteiger charge is 2.23. The molecule has 1 N–H and O–H groups in total. The molecule has 1 aliphatic heterocycles. The summed E-state index contributed by atoms with van der Waals surface area (Å²) >= 11 is 0. The number of rotatable bonds is 6. The third kappa shape index (κ3) is 5.33. The average Bonchev–Trinajstić information content (AvgIpc) is 2.71. The van der Waals surface area contributed by atoms with Gasteiger partial charge in [-0.3, -0.25) is 9.59 Å². The minimum atomic E-state index is -1.35. The van der Waals surface area contributed by atoms with Gasteiger partial charge >= 0.3 is 0 Å². The van der Waals surface area contributed by atoms with Crippen molar-refractivity contribution in [2.24, 2.45) is 0 Å². The first-order valence-electron chi connectivity index (χ1n) is 10.5. The average molecular weight is 436 g/mol. The van der Waals surface area contributed by atoms with E-state index in [9.17, 15) is 22.8 Å². The van der Waals surface area contributed by atoms with Crippen molar-refractivity contribution in [3.05, 3.63) is 51.7 Å². The van der Waals surface area contributed by atoms with Gasteiger partial charge in [0, 0.05) is 35.8 Å². The number of nitrogens with zero attached hydrogens (tertiary/aromatic N) is 3. The number of benzene rings is 1. The lowest BCUT2D eigenvalue weighted by atomic mass is 9.97. The Morgan fingerprint density at radius 1 is 1.23 bits per heavy atom. The quantitative estimate of drug-likeness (QED) is 0.707. The van der Waals surface area contributed by atoms with Crippen LogP contribution in [0.15, 0.2) is 23.0 Å². The topological polar surface area (TPSA) is 67.2 Å². The van der Waals surface area contributed by atoms with Crippen LogP contribution in [0.4, 0.5) is 13.2 Å². The first-order chi connectivity index (χ1) is 14.7. The van der Waals surface area contributed by atoms with Crippen molar-refractivity contribution >= 4 is 5.91 Å². The van der Waals surface area contributed by atoms with Gasteiger partial charge in [0.2, 0.25) is 5.91 Å². The Labute approximate surface area is 179 Å². The molecule has 0 aliphatic carbocycles. The van der Waals surface area contributed by atoms with E-state index in [-0.39, 0.29) is 41.2 Å². The van der Waals surface area contributed by atoms with E-state index in [4.69, 9.17) is 0 Å². The summed E-state index contributed by atoms with van der Waals surface area (Å²) in [7, 11) is 0. The lowest BCUT2D eigenvalue weighted by Gasteiger charge is -2.32. The molecule has 2 aromatic rings. The predicted molar refractivity (Wildman–Crippen MR) is 111 cm³/mol. The maximum absolute atomic E-state index is 14.3. The van der Waals surface area contributed by atoms with Crippen molar-refractivity contribution < 1.29 is 18.0 Å². The fraction of sp³-hybridized carbons (Fsp3) is 0.500. The van der Waals surface area contributed by atoms with Gasteiger partial charge in [-0.25, -0.2) is 17.9 Å². The van der Waals surface area contributed by atoms with Crippen LogP contribution in [-0.4, -0.2) is 46.3 Å². The molecule has 1 amide bonds. The van der Waals surface area contributed by atoms with Crippen molar-refractivity contribution in [2.75, 3.05) is 19.6 Å². The molecule has 6 nitrogen and oxygen atoms in total. The molecule has 1 aliphatic rings. The van der Waals surface area contributed by atoms with Gasteiger partial charge in [0.1, 0.15) is 12.4 Å². The number of piperidine rings is 1. The third-order valence-corrected chi connectivity index (χ3v) is 5.47. The second kappa shape index (κ2) is 9.64. The van der Waals surface area contributed by atoms with Gasteiger partial charge in [-0.15, -0.1) is 0 Å². The van der Waals surface area contributed by atoms with Crippen LogP contribution in [0.5, 0.6) is 0 Å². The zero-order valence-corrected chi connectivity index (χ0v) is 17.9. The predicted octanol–water partition coefficient (Wildman–Crippen LogP) is 3.05. The van der Waals surface area contributed by atoms with Gasteiger partial charge < -0.3 is 10.2 Å². The van der Waals surface area contributed by atoms with E-state index in [0.29, 0.717) is 6.07 Å². The molecule has 9 heteroatoms. The molecule has 2 heterocycles. The summed E-state index contributed by atoms with van der Waals surface area (Å²) in [5, 5.41) is 7.17. The van der Waals surface area contributed by atoms with Crippen LogP contribution >= 0.6 is 0 Å². The maximum atomic E-state index is 14.3. The summed E-state index contributed by atoms with van der Waals surface area (Å²) in [5.41, 5.74) is -0.744. The molecule has 0 radical (unpaired) electrons. The number of carbonyl (C=O) groups excluding carboxylic acids is 1. The van der Waals surface area contributed by atoms with Gasteiger partial charge in [-0.05, 0) is 37.9 Å². The van der Waals surface area contributed by atoms with Gasteiger partial charge in [0.05, 0.1) is 5.69 Å². The molecule has 1 fully saturated rings. The highest BCUT2D eigenvalue weighted by Crippen LogP contribution is 2.30. The molecule has 1 aromatic heterocycles. The van der Waals surface area contributed by atoms with Gasteiger partial charge in [-0.1, -0.05) is 20.8 Å². The van der Waals surface area contributed by atoms with Crippen molar-refractivity contribution in [3.8, 4) is 11.1 Å². The molecular weight excluding hydrogens is 409 g/mol. The number of hydrogen-bond donors (Lipinski definition) is 1. The minimum absolute atomic E-state index is 0.00473. The van der Waals surface area contributed by atoms with Crippen LogP contribution in [0.25, 0.3) is 11.1 Å². The Morgan fingerprint density at radius 3 is 2.65 bits per heavy atom. The molecule has 31 heavy (non-hydrogen) atoms. The number of carbonyl (C=O) groups is 1. The van der Waals surface area contributed by atoms with Gasteiger partial charge in [0.25, 0.3) is 5.56 Å². The summed E-state index contributed by atoms with van der Waals surface area (Å²) in [4.78, 5) is 27.4. The number of aromatic nitrogens is 2. The highest BCUT2D eigenvalue weighted by atomic mass is 19.2. The van der Waals surface area contributed by atoms with E-state index in [1.54, 1.807) is 13.8 Å². The van der Waals surface area contributed by atoms with E-state index in [2.05, 4.69) is 22.2 Å². The first kappa shape index (κ1) is 23.0. The number of hydrogen-bond acceptors (Lipinski definition) is 4. The van der Waals surface area contributed by atoms with Crippen molar-refractivity contribution in [1.29, 1.82) is 0 Å². The van der Waals surface area contributed by atoms with Crippen LogP contribution in [0.3, 0.4) is 0 Å². The Kier molecular flexibility index (Phi) is 7.15. The Bertz CT molecular complexity index is 1020. The Balaban J connectivity index is 1.87. The number of amides is 1. The van der Waals surface area contributed by atoms with Crippen LogP contribution in [0, 0.1) is 17.5 Å². The van der Waals surface area contributed by atoms with Gasteiger partial charge in [0.15, 0.2) is 11.6 Å². The van der Waals surface area contributed by atoms with Gasteiger partial charge in [-0.2, -0.15) is 5.10 Å². The van der Waals surface area contributed by atoms with E-state index in [0.717, 1.165) is 49.3 Å². The molecule has 3 rings (SSSR count). The van der Waals surface area contributed by atoms with E-state index >= 15 is 0 Å². The van der Waals surface area contributed by atoms with Crippen LogP contribution in [0.2, 0.25) is 0 Å². The largest absolute Gasteiger partial charge is 0.350 e. The van der Waals surface area contributed by atoms with Crippen molar-refractivity contribution in [1.82, 2.24) is 20.0 Å². The van der Waals surface area contributed by atoms with E-state index in [1.165, 1.54) is 0 Å². The highest BCUT2D eigenvalue weighted by molar-refractivity contribution is 5.76. The lowest BCUT2D eigenvalue weighted by Crippen LogP contribution is -2.48. The number of likely N-dealkylation sites (tertiary alicyclic amines) is 1. The monoisotopic (exact) mass is 436 g/mol. The van der Waals surface area contributed by atoms with E-state index in [1.807, 2.05) is 0 Å². The zero-order chi connectivity index (χ0) is 22.7. The minimum Gasteiger partial charge on any atom is -0.350 e. The lowest BCUT2D eigenvalue weighted by molar-refractivity contribution is -0.123. The molecule has 0 saturated carbocycles. The first-order valence-corrected chi connectivity index (χ1v) is 10.5. The standard InChI is InChI=1S/C22H27F3N4O2/c1-4-28-7-5-6-15(11-28)26-19(30)12-29-20(31)10-17(22(27-29)13(2)3)16-8-14(23)9-18(24)21(16)25/h8-10,13,15H,4-7,11-12H2,1-3H3,(H,26,30)/t15-/m1/s1. The molecule has 0 unspecified atom stereocenters. The van der Waals surface area contributed by atoms with Crippen molar-refractivity contribution in [3.63, 3.8) is 0 Å². The number of halogens is 3. The summed E-state index contributed by atoms with van der Waals surface area (Å²) < 4.78 is 42.7. The Morgan fingerprint density at radius 2 is 1.97 bits per heavy atom. The third-order valence-electron chi connectivity index (χ3n) is 5.47. The number of likely N-dealkylation sites (N-methyl/N-ethyl adjacent to an activating group) is 1. The smallest absolute Gasteiger partial charge is 0.267 e. The van der Waals surface area contributed by atoms with Crippen molar-refractivity contribution in [2.45, 2.75) is 52.1 Å². The zero-order valence-electron chi connectivity index (χ0n) is 17.9. The molecule has 0 bridgehead atoms. The second-order valence-corrected chi connectivity index (χ2v) is 8.14. The second-order valence-electron chi connectivity index (χ2n) is 8.14. The van der Waals surface area contributed by atoms with Crippen LogP contribution in [0.1, 0.15) is 45.2 Å². The molecular formula is C22H27F3N4O2. The normalized spacial score (nSPS) is 17.2. The fourth-order valence-corrected chi connectivity index (χ4v) is 3.88. The Hall–Kier alpha value is -2.68. The summed E-state index contributed by atoms with van der Waals surface area (Å²) in [6, 6.07) is 2.36.